The van der Waals surface area contributed by atoms with Crippen molar-refractivity contribution in [2.75, 3.05) is 0 Å². The van der Waals surface area contributed by atoms with Crippen LogP contribution in [0.15, 0.2) is 35.2 Å². The van der Waals surface area contributed by atoms with E-state index in [2.05, 4.69) is 4.98 Å². The molecule has 1 aromatic carbocycles. The van der Waals surface area contributed by atoms with E-state index in [1.807, 2.05) is 0 Å². The molecule has 2 rings (SSSR count). The molecule has 0 aliphatic carbocycles. The molecule has 0 radical (unpaired) electrons. The van der Waals surface area contributed by atoms with Crippen LogP contribution < -0.4 is 0 Å². The highest BCUT2D eigenvalue weighted by molar-refractivity contribution is 7.86. The Morgan fingerprint density at radius 3 is 2.60 bits per heavy atom. The van der Waals surface area contributed by atoms with Crippen LogP contribution in [-0.2, 0) is 10.2 Å². The maximum Gasteiger partial charge on any atom is 0.334 e. The second-order valence-corrected chi connectivity index (χ2v) is 4.53. The second-order valence-electron chi connectivity index (χ2n) is 3.22. The molecular weight excluding hydrogens is 217 g/mol. The Balaban J connectivity index is 2.92. The molecule has 0 aliphatic rings. The van der Waals surface area contributed by atoms with Gasteiger partial charge in [0.05, 0.1) is 5.52 Å². The van der Waals surface area contributed by atoms with E-state index in [4.69, 9.17) is 0 Å². The van der Waals surface area contributed by atoms with E-state index < -0.39 is 10.2 Å². The lowest BCUT2D eigenvalue weighted by atomic mass is 10.2. The molecule has 2 aromatic rings. The molecule has 3 nitrogen and oxygen atoms in total. The average molecular weight is 225 g/mol. The Hall–Kier alpha value is -1.49. The first-order valence-corrected chi connectivity index (χ1v) is 5.68. The van der Waals surface area contributed by atoms with E-state index in [0.29, 0.717) is 11.1 Å². The fourth-order valence-corrected chi connectivity index (χ4v) is 2.05. The van der Waals surface area contributed by atoms with Crippen LogP contribution in [0.5, 0.6) is 0 Å². The van der Waals surface area contributed by atoms with Gasteiger partial charge in [-0.15, -0.1) is 3.89 Å². The van der Waals surface area contributed by atoms with E-state index in [-0.39, 0.29) is 10.4 Å². The molecule has 0 bridgehead atoms. The fourth-order valence-electron chi connectivity index (χ4n) is 1.41. The quantitative estimate of drug-likeness (QED) is 0.699. The number of fused-ring (bicyclic) bond motifs is 1. The molecule has 0 fully saturated rings. The average Bonchev–Trinajstić information content (AvgIpc) is 2.15. The van der Waals surface area contributed by atoms with Crippen molar-refractivity contribution in [1.82, 2.24) is 4.98 Å². The smallest absolute Gasteiger partial charge is 0.252 e. The van der Waals surface area contributed by atoms with Gasteiger partial charge in [0, 0.05) is 11.1 Å². The number of aromatic nitrogens is 1. The lowest BCUT2D eigenvalue weighted by Crippen LogP contribution is -1.95. The van der Waals surface area contributed by atoms with E-state index in [1.165, 1.54) is 12.1 Å². The number of para-hydroxylation sites is 1. The lowest BCUT2D eigenvalue weighted by Gasteiger charge is -2.02. The third-order valence-corrected chi connectivity index (χ3v) is 2.94. The van der Waals surface area contributed by atoms with Crippen molar-refractivity contribution in [2.45, 2.75) is 11.8 Å². The van der Waals surface area contributed by atoms with Gasteiger partial charge in [0.25, 0.3) is 0 Å². The van der Waals surface area contributed by atoms with Gasteiger partial charge in [0.1, 0.15) is 4.90 Å². The highest BCUT2D eigenvalue weighted by Gasteiger charge is 2.16. The molecule has 5 heteroatoms. The van der Waals surface area contributed by atoms with Crippen LogP contribution in [0.1, 0.15) is 5.69 Å². The lowest BCUT2D eigenvalue weighted by molar-refractivity contribution is 0.553. The van der Waals surface area contributed by atoms with Crippen LogP contribution in [0.25, 0.3) is 10.9 Å². The van der Waals surface area contributed by atoms with Crippen molar-refractivity contribution in [1.29, 1.82) is 0 Å². The van der Waals surface area contributed by atoms with E-state index in [1.54, 1.807) is 25.1 Å². The molecule has 1 heterocycles. The largest absolute Gasteiger partial charge is 0.334 e. The first-order chi connectivity index (χ1) is 6.98. The molecule has 0 spiro atoms. The van der Waals surface area contributed by atoms with Gasteiger partial charge in [-0.05, 0) is 19.1 Å². The van der Waals surface area contributed by atoms with Crippen LogP contribution in [0.4, 0.5) is 3.89 Å². The fraction of sp³-hybridized carbons (Fsp3) is 0.100. The molecule has 0 N–H and O–H groups in total. The SMILES string of the molecule is Cc1ccc2cccc(S(=O)(=O)F)c2n1. The zero-order valence-corrected chi connectivity index (χ0v) is 8.75. The highest BCUT2D eigenvalue weighted by Crippen LogP contribution is 2.22. The molecule has 0 saturated heterocycles. The number of benzene rings is 1. The predicted molar refractivity (Wildman–Crippen MR) is 54.8 cm³/mol. The summed E-state index contributed by atoms with van der Waals surface area (Å²) in [5.41, 5.74) is 0.832. The number of rotatable bonds is 1. The van der Waals surface area contributed by atoms with Crippen molar-refractivity contribution < 1.29 is 12.3 Å². The summed E-state index contributed by atoms with van der Waals surface area (Å²) < 4.78 is 34.6. The summed E-state index contributed by atoms with van der Waals surface area (Å²) in [4.78, 5) is 3.65. The van der Waals surface area contributed by atoms with Crippen molar-refractivity contribution in [3.05, 3.63) is 36.0 Å². The Morgan fingerprint density at radius 2 is 1.93 bits per heavy atom. The summed E-state index contributed by atoms with van der Waals surface area (Å²) in [7, 11) is -4.71. The van der Waals surface area contributed by atoms with E-state index >= 15 is 0 Å². The molecule has 0 amide bonds. The Labute approximate surface area is 86.8 Å². The Morgan fingerprint density at radius 1 is 1.20 bits per heavy atom. The zero-order chi connectivity index (χ0) is 11.1. The normalized spacial score (nSPS) is 11.9. The molecule has 1 aromatic heterocycles. The predicted octanol–water partition coefficient (Wildman–Crippen LogP) is 2.20. The zero-order valence-electron chi connectivity index (χ0n) is 7.94. The topological polar surface area (TPSA) is 47.0 Å². The van der Waals surface area contributed by atoms with E-state index in [9.17, 15) is 12.3 Å². The minimum Gasteiger partial charge on any atom is -0.252 e. The summed E-state index contributed by atoms with van der Waals surface area (Å²) in [6.07, 6.45) is 0. The van der Waals surface area contributed by atoms with E-state index in [0.717, 1.165) is 0 Å². The van der Waals surface area contributed by atoms with Gasteiger partial charge >= 0.3 is 10.2 Å². The van der Waals surface area contributed by atoms with Crippen molar-refractivity contribution in [3.63, 3.8) is 0 Å². The molecule has 15 heavy (non-hydrogen) atoms. The first kappa shape index (κ1) is 10.0. The number of nitrogens with zero attached hydrogens (tertiary/aromatic N) is 1. The standard InChI is InChI=1S/C10H8FNO2S/c1-7-5-6-8-3-2-4-9(10(8)12-7)15(11,13)14/h2-6H,1H3. The summed E-state index contributed by atoms with van der Waals surface area (Å²) in [6.45, 7) is 1.72. The molecule has 0 aliphatic heterocycles. The first-order valence-electron chi connectivity index (χ1n) is 4.29. The van der Waals surface area contributed by atoms with Crippen molar-refractivity contribution in [3.8, 4) is 0 Å². The number of hydrogen-bond donors (Lipinski definition) is 0. The van der Waals surface area contributed by atoms with Gasteiger partial charge in [-0.3, -0.25) is 4.98 Å². The van der Waals surface area contributed by atoms with Gasteiger partial charge in [-0.25, -0.2) is 0 Å². The Bertz CT molecular complexity index is 622. The van der Waals surface area contributed by atoms with Gasteiger partial charge in [0.2, 0.25) is 0 Å². The molecular formula is C10H8FNO2S. The van der Waals surface area contributed by atoms with Crippen molar-refractivity contribution in [2.24, 2.45) is 0 Å². The summed E-state index contributed by atoms with van der Waals surface area (Å²) in [5.74, 6) is 0. The third-order valence-electron chi connectivity index (χ3n) is 2.09. The van der Waals surface area contributed by atoms with Gasteiger partial charge in [0.15, 0.2) is 0 Å². The van der Waals surface area contributed by atoms with Crippen molar-refractivity contribution >= 4 is 21.1 Å². The highest BCUT2D eigenvalue weighted by atomic mass is 32.3. The van der Waals surface area contributed by atoms with Gasteiger partial charge < -0.3 is 0 Å². The van der Waals surface area contributed by atoms with Gasteiger partial charge in [-0.2, -0.15) is 8.42 Å². The van der Waals surface area contributed by atoms with Crippen LogP contribution in [-0.4, -0.2) is 13.4 Å². The molecule has 0 atom stereocenters. The van der Waals surface area contributed by atoms with Crippen LogP contribution in [0.2, 0.25) is 0 Å². The number of hydrogen-bond acceptors (Lipinski definition) is 3. The molecule has 0 saturated carbocycles. The minimum absolute atomic E-state index is 0.181. The van der Waals surface area contributed by atoms with Crippen LogP contribution in [0, 0.1) is 6.92 Å². The maximum atomic E-state index is 12.9. The second kappa shape index (κ2) is 3.27. The Kier molecular flexibility index (Phi) is 2.19. The summed E-state index contributed by atoms with van der Waals surface area (Å²) in [5, 5.41) is 0.610. The maximum absolute atomic E-state index is 12.9. The third kappa shape index (κ3) is 1.83. The molecule has 0 unspecified atom stereocenters. The van der Waals surface area contributed by atoms with Gasteiger partial charge in [-0.1, -0.05) is 18.2 Å². The number of pyridine rings is 1. The number of halogens is 1. The summed E-state index contributed by atoms with van der Waals surface area (Å²) >= 11 is 0. The minimum atomic E-state index is -4.71. The monoisotopic (exact) mass is 225 g/mol. The van der Waals surface area contributed by atoms with Crippen LogP contribution >= 0.6 is 0 Å². The number of aryl methyl sites for hydroxylation is 1. The summed E-state index contributed by atoms with van der Waals surface area (Å²) in [6, 6.07) is 7.86. The molecule has 78 valence electrons. The van der Waals surface area contributed by atoms with Crippen LogP contribution in [0.3, 0.4) is 0 Å².